The molecule has 0 spiro atoms. The van der Waals surface area contributed by atoms with E-state index >= 15 is 0 Å². The lowest BCUT2D eigenvalue weighted by molar-refractivity contribution is -0.131. The maximum absolute atomic E-state index is 11.6. The molecule has 1 amide bonds. The zero-order chi connectivity index (χ0) is 14.7. The summed E-state index contributed by atoms with van der Waals surface area (Å²) in [6, 6.07) is 7.40. The van der Waals surface area contributed by atoms with Crippen molar-refractivity contribution in [3.8, 4) is 0 Å². The van der Waals surface area contributed by atoms with E-state index in [1.165, 1.54) is 0 Å². The average Bonchev–Trinajstić information content (AvgIpc) is 2.41. The van der Waals surface area contributed by atoms with E-state index in [2.05, 4.69) is 20.8 Å². The van der Waals surface area contributed by atoms with Crippen LogP contribution in [-0.2, 0) is 9.53 Å². The molecule has 1 aromatic carbocycles. The van der Waals surface area contributed by atoms with E-state index in [4.69, 9.17) is 16.2 Å². The lowest BCUT2D eigenvalue weighted by Gasteiger charge is -2.41. The summed E-state index contributed by atoms with van der Waals surface area (Å²) in [6.45, 7) is 3.51. The molecule has 4 N–H and O–H groups in total. The first-order chi connectivity index (χ1) is 9.50. The second-order valence-corrected chi connectivity index (χ2v) is 6.00. The number of halogens is 1. The average molecular weight is 342 g/mol. The van der Waals surface area contributed by atoms with Gasteiger partial charge >= 0.3 is 0 Å². The summed E-state index contributed by atoms with van der Waals surface area (Å²) in [5.41, 5.74) is 12.7. The Hall–Kier alpha value is -0.950. The number of primary amides is 1. The molecule has 3 atom stereocenters. The van der Waals surface area contributed by atoms with Gasteiger partial charge in [-0.3, -0.25) is 9.69 Å². The fraction of sp³-hybridized carbons (Fsp3) is 0.500. The lowest BCUT2D eigenvalue weighted by atomic mass is 9.97. The largest absolute Gasteiger partial charge is 0.378 e. The minimum Gasteiger partial charge on any atom is -0.378 e. The molecule has 1 aromatic rings. The summed E-state index contributed by atoms with van der Waals surface area (Å²) in [7, 11) is 0. The number of carbonyl (C=O) groups is 1. The minimum atomic E-state index is -0.427. The maximum atomic E-state index is 11.6. The zero-order valence-electron chi connectivity index (χ0n) is 11.5. The van der Waals surface area contributed by atoms with Gasteiger partial charge < -0.3 is 16.2 Å². The van der Waals surface area contributed by atoms with Crippen LogP contribution in [0.3, 0.4) is 0 Å². The first-order valence-corrected chi connectivity index (χ1v) is 7.44. The number of carbonyl (C=O) groups excluding carboxylic acids is 1. The fourth-order valence-electron chi connectivity index (χ4n) is 2.65. The minimum absolute atomic E-state index is 0.0514. The van der Waals surface area contributed by atoms with Crippen molar-refractivity contribution in [2.45, 2.75) is 25.0 Å². The Balaban J connectivity index is 2.31. The van der Waals surface area contributed by atoms with Crippen LogP contribution in [0.2, 0.25) is 0 Å². The number of benzene rings is 1. The number of ether oxygens (including phenoxy) is 1. The van der Waals surface area contributed by atoms with Gasteiger partial charge in [0.15, 0.2) is 0 Å². The molecule has 110 valence electrons. The molecule has 6 heteroatoms. The third kappa shape index (κ3) is 3.38. The SMILES string of the molecule is CC(N)C(c1ccc(Br)cc1)N1CCOCC1C(N)=O. The van der Waals surface area contributed by atoms with Gasteiger partial charge in [0, 0.05) is 17.1 Å². The molecule has 5 nitrogen and oxygen atoms in total. The van der Waals surface area contributed by atoms with Gasteiger partial charge in [0.1, 0.15) is 6.04 Å². The Morgan fingerprint density at radius 2 is 2.10 bits per heavy atom. The Bertz CT molecular complexity index is 464. The molecular formula is C14H20BrN3O2. The normalized spacial score (nSPS) is 23.2. The monoisotopic (exact) mass is 341 g/mol. The molecule has 1 saturated heterocycles. The predicted octanol–water partition coefficient (Wildman–Crippen LogP) is 1.02. The molecule has 20 heavy (non-hydrogen) atoms. The number of hydrogen-bond donors (Lipinski definition) is 2. The quantitative estimate of drug-likeness (QED) is 0.856. The van der Waals surface area contributed by atoms with Gasteiger partial charge in [-0.05, 0) is 24.6 Å². The van der Waals surface area contributed by atoms with Crippen LogP contribution in [0.15, 0.2) is 28.7 Å². The van der Waals surface area contributed by atoms with E-state index in [-0.39, 0.29) is 18.0 Å². The molecule has 1 aliphatic heterocycles. The highest BCUT2D eigenvalue weighted by Gasteiger charge is 2.35. The molecule has 2 rings (SSSR count). The van der Waals surface area contributed by atoms with Gasteiger partial charge in [-0.15, -0.1) is 0 Å². The van der Waals surface area contributed by atoms with E-state index < -0.39 is 6.04 Å². The second-order valence-electron chi connectivity index (χ2n) is 5.09. The number of morpholine rings is 1. The molecule has 0 bridgehead atoms. The van der Waals surface area contributed by atoms with E-state index in [1.54, 1.807) is 0 Å². The van der Waals surface area contributed by atoms with Crippen LogP contribution in [0.1, 0.15) is 18.5 Å². The maximum Gasteiger partial charge on any atom is 0.237 e. The third-order valence-electron chi connectivity index (χ3n) is 3.57. The van der Waals surface area contributed by atoms with Crippen LogP contribution in [0, 0.1) is 0 Å². The Labute approximate surface area is 127 Å². The van der Waals surface area contributed by atoms with Crippen LogP contribution < -0.4 is 11.5 Å². The molecule has 0 aliphatic carbocycles. The van der Waals surface area contributed by atoms with Crippen molar-refractivity contribution in [3.63, 3.8) is 0 Å². The molecule has 1 fully saturated rings. The van der Waals surface area contributed by atoms with Gasteiger partial charge in [-0.1, -0.05) is 28.1 Å². The molecule has 0 radical (unpaired) electrons. The molecule has 3 unspecified atom stereocenters. The van der Waals surface area contributed by atoms with Crippen molar-refractivity contribution in [2.24, 2.45) is 11.5 Å². The summed E-state index contributed by atoms with van der Waals surface area (Å²) in [4.78, 5) is 13.7. The van der Waals surface area contributed by atoms with Gasteiger partial charge in [0.05, 0.1) is 19.3 Å². The molecular weight excluding hydrogens is 322 g/mol. The number of rotatable bonds is 4. The number of amides is 1. The lowest BCUT2D eigenvalue weighted by Crippen LogP contribution is -2.56. The first kappa shape index (κ1) is 15.4. The Kier molecular flexibility index (Phi) is 5.15. The standard InChI is InChI=1S/C14H20BrN3O2/c1-9(16)13(10-2-4-11(15)5-3-10)18-6-7-20-8-12(18)14(17)19/h2-5,9,12-13H,6-8,16H2,1H3,(H2,17,19). The van der Waals surface area contributed by atoms with E-state index in [1.807, 2.05) is 31.2 Å². The fourth-order valence-corrected chi connectivity index (χ4v) is 2.92. The zero-order valence-corrected chi connectivity index (χ0v) is 13.0. The number of hydrogen-bond acceptors (Lipinski definition) is 4. The van der Waals surface area contributed by atoms with E-state index in [0.717, 1.165) is 10.0 Å². The summed E-state index contributed by atoms with van der Waals surface area (Å²) in [5, 5.41) is 0. The van der Waals surface area contributed by atoms with Crippen molar-refractivity contribution in [2.75, 3.05) is 19.8 Å². The van der Waals surface area contributed by atoms with Crippen LogP contribution in [0.5, 0.6) is 0 Å². The van der Waals surface area contributed by atoms with Crippen molar-refractivity contribution in [1.29, 1.82) is 0 Å². The molecule has 0 aromatic heterocycles. The predicted molar refractivity (Wildman–Crippen MR) is 81.0 cm³/mol. The second kappa shape index (κ2) is 6.67. The number of nitrogens with zero attached hydrogens (tertiary/aromatic N) is 1. The molecule has 1 heterocycles. The highest BCUT2D eigenvalue weighted by atomic mass is 79.9. The van der Waals surface area contributed by atoms with E-state index in [0.29, 0.717) is 19.8 Å². The number of nitrogens with two attached hydrogens (primary N) is 2. The molecule has 1 aliphatic rings. The van der Waals surface area contributed by atoms with E-state index in [9.17, 15) is 4.79 Å². The van der Waals surface area contributed by atoms with Crippen molar-refractivity contribution >= 4 is 21.8 Å². The first-order valence-electron chi connectivity index (χ1n) is 6.64. The van der Waals surface area contributed by atoms with Gasteiger partial charge in [-0.25, -0.2) is 0 Å². The summed E-state index contributed by atoms with van der Waals surface area (Å²) in [6.07, 6.45) is 0. The van der Waals surface area contributed by atoms with Crippen LogP contribution in [-0.4, -0.2) is 42.6 Å². The molecule has 0 saturated carbocycles. The third-order valence-corrected chi connectivity index (χ3v) is 4.09. The summed E-state index contributed by atoms with van der Waals surface area (Å²) in [5.74, 6) is -0.368. The summed E-state index contributed by atoms with van der Waals surface area (Å²) < 4.78 is 6.38. The highest BCUT2D eigenvalue weighted by molar-refractivity contribution is 9.10. The van der Waals surface area contributed by atoms with Crippen molar-refractivity contribution < 1.29 is 9.53 Å². The highest BCUT2D eigenvalue weighted by Crippen LogP contribution is 2.28. The van der Waals surface area contributed by atoms with Crippen molar-refractivity contribution in [1.82, 2.24) is 4.90 Å². The Morgan fingerprint density at radius 1 is 1.45 bits per heavy atom. The van der Waals surface area contributed by atoms with Gasteiger partial charge in [0.25, 0.3) is 0 Å². The van der Waals surface area contributed by atoms with Gasteiger partial charge in [0.2, 0.25) is 5.91 Å². The van der Waals surface area contributed by atoms with Crippen molar-refractivity contribution in [3.05, 3.63) is 34.3 Å². The van der Waals surface area contributed by atoms with Crippen LogP contribution in [0.4, 0.5) is 0 Å². The Morgan fingerprint density at radius 3 is 2.65 bits per heavy atom. The smallest absolute Gasteiger partial charge is 0.237 e. The summed E-state index contributed by atoms with van der Waals surface area (Å²) >= 11 is 3.42. The van der Waals surface area contributed by atoms with Gasteiger partial charge in [-0.2, -0.15) is 0 Å². The topological polar surface area (TPSA) is 81.6 Å². The van der Waals surface area contributed by atoms with Crippen LogP contribution >= 0.6 is 15.9 Å². The van der Waals surface area contributed by atoms with Crippen LogP contribution in [0.25, 0.3) is 0 Å².